The Labute approximate surface area is 139 Å². The maximum absolute atomic E-state index is 10.4. The number of azide groups is 1. The Morgan fingerprint density at radius 2 is 2.08 bits per heavy atom. The molecule has 8 nitrogen and oxygen atoms in total. The number of ether oxygens (including phenoxy) is 4. The third-order valence-corrected chi connectivity index (χ3v) is 4.02. The summed E-state index contributed by atoms with van der Waals surface area (Å²) in [7, 11) is 0. The SMILES string of the molecule is CC1(C)O[C@H]2O[C@H](C(O)COCc3ccccc3)C(N=[N+]=[N-])[C@@H]2O1. The van der Waals surface area contributed by atoms with Crippen LogP contribution in [0.4, 0.5) is 0 Å². The van der Waals surface area contributed by atoms with Gasteiger partial charge in [0, 0.05) is 4.91 Å². The molecule has 0 radical (unpaired) electrons. The van der Waals surface area contributed by atoms with Crippen LogP contribution in [0.25, 0.3) is 10.4 Å². The summed E-state index contributed by atoms with van der Waals surface area (Å²) in [5.74, 6) is -0.807. The van der Waals surface area contributed by atoms with Crippen molar-refractivity contribution in [2.45, 2.75) is 56.9 Å². The number of aliphatic hydroxyl groups is 1. The van der Waals surface area contributed by atoms with Gasteiger partial charge in [0.05, 0.1) is 19.3 Å². The standard InChI is InChI=1S/C16H21N3O5/c1-16(2)23-14-12(18-19-17)13(22-15(14)24-16)11(20)9-21-8-10-6-4-3-5-7-10/h3-7,11-15,20H,8-9H2,1-2H3/t11?,12?,13-,14+,15-/m1/s1. The molecule has 24 heavy (non-hydrogen) atoms. The molecule has 1 aromatic carbocycles. The number of rotatable bonds is 6. The molecule has 0 aromatic heterocycles. The van der Waals surface area contributed by atoms with Gasteiger partial charge in [-0.25, -0.2) is 0 Å². The van der Waals surface area contributed by atoms with Gasteiger partial charge in [-0.05, 0) is 24.9 Å². The molecule has 1 N–H and O–H groups in total. The minimum absolute atomic E-state index is 0.0554. The quantitative estimate of drug-likeness (QED) is 0.487. The van der Waals surface area contributed by atoms with E-state index in [1.54, 1.807) is 13.8 Å². The highest BCUT2D eigenvalue weighted by molar-refractivity contribution is 5.13. The molecule has 2 unspecified atom stereocenters. The maximum Gasteiger partial charge on any atom is 0.188 e. The topological polar surface area (TPSA) is 106 Å². The molecule has 2 aliphatic heterocycles. The van der Waals surface area contributed by atoms with Crippen molar-refractivity contribution < 1.29 is 24.1 Å². The fourth-order valence-corrected chi connectivity index (χ4v) is 2.99. The number of hydrogen-bond acceptors (Lipinski definition) is 6. The molecular formula is C16H21N3O5. The summed E-state index contributed by atoms with van der Waals surface area (Å²) in [4.78, 5) is 2.84. The largest absolute Gasteiger partial charge is 0.388 e. The molecule has 0 bridgehead atoms. The number of aliphatic hydroxyl groups excluding tert-OH is 1. The Bertz CT molecular complexity index is 605. The maximum atomic E-state index is 10.4. The lowest BCUT2D eigenvalue weighted by Crippen LogP contribution is -2.41. The molecule has 8 heteroatoms. The molecule has 2 aliphatic rings. The third-order valence-electron chi connectivity index (χ3n) is 4.02. The monoisotopic (exact) mass is 335 g/mol. The van der Waals surface area contributed by atoms with Crippen LogP contribution in [0.15, 0.2) is 35.4 Å². The smallest absolute Gasteiger partial charge is 0.188 e. The van der Waals surface area contributed by atoms with Gasteiger partial charge in [-0.1, -0.05) is 35.4 Å². The van der Waals surface area contributed by atoms with Gasteiger partial charge < -0.3 is 24.1 Å². The first kappa shape index (κ1) is 17.2. The van der Waals surface area contributed by atoms with Crippen LogP contribution in [0.5, 0.6) is 0 Å². The first-order valence-corrected chi connectivity index (χ1v) is 7.85. The van der Waals surface area contributed by atoms with E-state index in [1.165, 1.54) is 0 Å². The summed E-state index contributed by atoms with van der Waals surface area (Å²) in [6.07, 6.45) is -2.89. The van der Waals surface area contributed by atoms with Crippen LogP contribution >= 0.6 is 0 Å². The van der Waals surface area contributed by atoms with Gasteiger partial charge >= 0.3 is 0 Å². The Morgan fingerprint density at radius 3 is 2.79 bits per heavy atom. The molecular weight excluding hydrogens is 314 g/mol. The molecule has 2 fully saturated rings. The number of fused-ring (bicyclic) bond motifs is 1. The van der Waals surface area contributed by atoms with Crippen LogP contribution in [-0.2, 0) is 25.6 Å². The third kappa shape index (κ3) is 3.70. The van der Waals surface area contributed by atoms with Crippen molar-refractivity contribution in [3.63, 3.8) is 0 Å². The van der Waals surface area contributed by atoms with Crippen molar-refractivity contribution >= 4 is 0 Å². The van der Waals surface area contributed by atoms with E-state index >= 15 is 0 Å². The Hall–Kier alpha value is -1.67. The van der Waals surface area contributed by atoms with Crippen LogP contribution in [0, 0.1) is 0 Å². The zero-order valence-corrected chi connectivity index (χ0v) is 13.6. The molecule has 0 amide bonds. The zero-order chi connectivity index (χ0) is 17.2. The fraction of sp³-hybridized carbons (Fsp3) is 0.625. The first-order valence-electron chi connectivity index (χ1n) is 7.85. The molecule has 0 saturated carbocycles. The van der Waals surface area contributed by atoms with E-state index in [2.05, 4.69) is 10.0 Å². The van der Waals surface area contributed by atoms with E-state index in [1.807, 2.05) is 30.3 Å². The highest BCUT2D eigenvalue weighted by atomic mass is 16.8. The highest BCUT2D eigenvalue weighted by Crippen LogP contribution is 2.39. The number of benzene rings is 1. The second-order valence-corrected chi connectivity index (χ2v) is 6.33. The van der Waals surface area contributed by atoms with Gasteiger partial charge in [0.2, 0.25) is 0 Å². The van der Waals surface area contributed by atoms with Crippen molar-refractivity contribution in [2.24, 2.45) is 5.11 Å². The van der Waals surface area contributed by atoms with E-state index < -0.39 is 36.4 Å². The lowest BCUT2D eigenvalue weighted by molar-refractivity contribution is -0.218. The van der Waals surface area contributed by atoms with Crippen LogP contribution in [0.3, 0.4) is 0 Å². The summed E-state index contributed by atoms with van der Waals surface area (Å²) in [6.45, 7) is 3.95. The first-order chi connectivity index (χ1) is 11.5. The number of hydrogen-bond donors (Lipinski definition) is 1. The summed E-state index contributed by atoms with van der Waals surface area (Å²) in [5, 5.41) is 14.1. The predicted molar refractivity (Wildman–Crippen MR) is 83.7 cm³/mol. The van der Waals surface area contributed by atoms with Gasteiger partial charge in [0.25, 0.3) is 0 Å². The molecule has 3 rings (SSSR count). The summed E-state index contributed by atoms with van der Waals surface area (Å²) in [6, 6.07) is 8.98. The predicted octanol–water partition coefficient (Wildman–Crippen LogP) is 2.12. The van der Waals surface area contributed by atoms with Gasteiger partial charge in [0.1, 0.15) is 18.3 Å². The van der Waals surface area contributed by atoms with Crippen LogP contribution in [0.2, 0.25) is 0 Å². The average molecular weight is 335 g/mol. The minimum atomic E-state index is -0.954. The van der Waals surface area contributed by atoms with Gasteiger partial charge in [0.15, 0.2) is 12.1 Å². The van der Waals surface area contributed by atoms with Crippen LogP contribution < -0.4 is 0 Å². The van der Waals surface area contributed by atoms with E-state index in [-0.39, 0.29) is 6.61 Å². The summed E-state index contributed by atoms with van der Waals surface area (Å²) in [5.41, 5.74) is 9.80. The van der Waals surface area contributed by atoms with E-state index in [4.69, 9.17) is 24.5 Å². The average Bonchev–Trinajstić information content (AvgIpc) is 3.02. The van der Waals surface area contributed by atoms with Crippen molar-refractivity contribution in [3.8, 4) is 0 Å². The Morgan fingerprint density at radius 1 is 1.33 bits per heavy atom. The Kier molecular flexibility index (Phi) is 5.05. The van der Waals surface area contributed by atoms with Crippen LogP contribution in [0.1, 0.15) is 19.4 Å². The lowest BCUT2D eigenvalue weighted by atomic mass is 10.0. The number of nitrogens with zero attached hydrogens (tertiary/aromatic N) is 3. The highest BCUT2D eigenvalue weighted by Gasteiger charge is 2.56. The van der Waals surface area contributed by atoms with Crippen molar-refractivity contribution in [1.29, 1.82) is 0 Å². The molecule has 5 atom stereocenters. The normalized spacial score (nSPS) is 32.1. The van der Waals surface area contributed by atoms with Crippen molar-refractivity contribution in [2.75, 3.05) is 6.61 Å². The van der Waals surface area contributed by atoms with E-state index in [0.29, 0.717) is 6.61 Å². The summed E-state index contributed by atoms with van der Waals surface area (Å²) < 4.78 is 22.6. The van der Waals surface area contributed by atoms with Crippen molar-refractivity contribution in [1.82, 2.24) is 0 Å². The van der Waals surface area contributed by atoms with E-state index in [9.17, 15) is 5.11 Å². The molecule has 130 valence electrons. The second-order valence-electron chi connectivity index (χ2n) is 6.33. The van der Waals surface area contributed by atoms with E-state index in [0.717, 1.165) is 5.56 Å². The molecule has 0 aliphatic carbocycles. The minimum Gasteiger partial charge on any atom is -0.388 e. The van der Waals surface area contributed by atoms with Crippen molar-refractivity contribution in [3.05, 3.63) is 46.3 Å². The van der Waals surface area contributed by atoms with Crippen LogP contribution in [-0.4, -0.2) is 48.1 Å². The molecule has 0 spiro atoms. The Balaban J connectivity index is 1.58. The molecule has 1 aromatic rings. The zero-order valence-electron chi connectivity index (χ0n) is 13.6. The van der Waals surface area contributed by atoms with Gasteiger partial charge in [-0.3, -0.25) is 0 Å². The molecule has 2 saturated heterocycles. The summed E-state index contributed by atoms with van der Waals surface area (Å²) >= 11 is 0. The fourth-order valence-electron chi connectivity index (χ4n) is 2.99. The lowest BCUT2D eigenvalue weighted by Gasteiger charge is -2.26. The van der Waals surface area contributed by atoms with Gasteiger partial charge in [-0.2, -0.15) is 0 Å². The molecule has 2 heterocycles. The van der Waals surface area contributed by atoms with Gasteiger partial charge in [-0.15, -0.1) is 0 Å². The second kappa shape index (κ2) is 7.06.